The number of nitrogens with one attached hydrogen (secondary N) is 2. The molecule has 6 heteroatoms. The van der Waals surface area contributed by atoms with Gasteiger partial charge in [0.2, 0.25) is 5.91 Å². The highest BCUT2D eigenvalue weighted by Crippen LogP contribution is 2.13. The van der Waals surface area contributed by atoms with Crippen LogP contribution in [0.4, 0.5) is 4.79 Å². The summed E-state index contributed by atoms with van der Waals surface area (Å²) in [6.07, 6.45) is 3.53. The molecule has 1 aromatic rings. The van der Waals surface area contributed by atoms with E-state index in [-0.39, 0.29) is 24.0 Å². The maximum Gasteiger partial charge on any atom is 0.317 e. The first-order valence-electron chi connectivity index (χ1n) is 7.29. The van der Waals surface area contributed by atoms with E-state index in [0.717, 1.165) is 25.1 Å². The number of hydrogen-bond donors (Lipinski definition) is 2. The molecule has 0 aliphatic carbocycles. The molecule has 1 saturated heterocycles. The van der Waals surface area contributed by atoms with E-state index < -0.39 is 0 Å². The molecule has 114 valence electrons. The van der Waals surface area contributed by atoms with Crippen molar-refractivity contribution in [3.63, 3.8) is 0 Å². The fourth-order valence-corrected chi connectivity index (χ4v) is 2.55. The van der Waals surface area contributed by atoms with Gasteiger partial charge in [-0.25, -0.2) is 4.79 Å². The number of carbonyl (C=O) groups is 2. The molecule has 0 aromatic carbocycles. The van der Waals surface area contributed by atoms with Gasteiger partial charge in [0.15, 0.2) is 0 Å². The molecule has 0 saturated carbocycles. The van der Waals surface area contributed by atoms with Crippen LogP contribution < -0.4 is 10.6 Å². The number of aromatic nitrogens is 1. The molecule has 1 aliphatic rings. The molecule has 2 rings (SSSR count). The van der Waals surface area contributed by atoms with Crippen molar-refractivity contribution < 1.29 is 9.59 Å². The topological polar surface area (TPSA) is 74.3 Å². The normalized spacial score (nSPS) is 19.7. The first kappa shape index (κ1) is 15.3. The van der Waals surface area contributed by atoms with E-state index in [1.165, 1.54) is 6.92 Å². The Morgan fingerprint density at radius 1 is 1.43 bits per heavy atom. The predicted octanol–water partition coefficient (Wildman–Crippen LogP) is 1.45. The molecule has 1 fully saturated rings. The van der Waals surface area contributed by atoms with Gasteiger partial charge in [-0.3, -0.25) is 9.78 Å². The van der Waals surface area contributed by atoms with Gasteiger partial charge in [-0.1, -0.05) is 6.07 Å². The van der Waals surface area contributed by atoms with Gasteiger partial charge in [-0.2, -0.15) is 0 Å². The molecular weight excluding hydrogens is 268 g/mol. The molecule has 2 N–H and O–H groups in total. The summed E-state index contributed by atoms with van der Waals surface area (Å²) in [6, 6.07) is 5.44. The van der Waals surface area contributed by atoms with E-state index in [1.807, 2.05) is 25.1 Å². The van der Waals surface area contributed by atoms with Crippen molar-refractivity contribution in [3.8, 4) is 0 Å². The predicted molar refractivity (Wildman–Crippen MR) is 79.6 cm³/mol. The van der Waals surface area contributed by atoms with E-state index >= 15 is 0 Å². The van der Waals surface area contributed by atoms with Crippen LogP contribution in [0, 0.1) is 0 Å². The molecule has 21 heavy (non-hydrogen) atoms. The zero-order chi connectivity index (χ0) is 15.2. The molecule has 1 aromatic heterocycles. The van der Waals surface area contributed by atoms with Crippen LogP contribution >= 0.6 is 0 Å². The Bertz CT molecular complexity index is 492. The second-order valence-corrected chi connectivity index (χ2v) is 5.41. The number of nitrogens with zero attached hydrogens (tertiary/aromatic N) is 2. The van der Waals surface area contributed by atoms with Gasteiger partial charge in [-0.15, -0.1) is 0 Å². The summed E-state index contributed by atoms with van der Waals surface area (Å²) >= 11 is 0. The standard InChI is InChI=1S/C15H22N4O2/c1-11(14-7-3-4-8-16-14)17-15(21)19-9-5-6-13(10-19)18-12(2)20/h3-4,7-8,11,13H,5-6,9-10H2,1-2H3,(H,17,21)(H,18,20)/t11-,13+/m0/s1. The number of likely N-dealkylation sites (tertiary alicyclic amines) is 1. The summed E-state index contributed by atoms with van der Waals surface area (Å²) in [5.41, 5.74) is 0.835. The molecule has 0 radical (unpaired) electrons. The molecule has 0 unspecified atom stereocenters. The van der Waals surface area contributed by atoms with E-state index in [0.29, 0.717) is 6.54 Å². The quantitative estimate of drug-likeness (QED) is 0.885. The number of hydrogen-bond acceptors (Lipinski definition) is 3. The van der Waals surface area contributed by atoms with Gasteiger partial charge in [0.1, 0.15) is 0 Å². The van der Waals surface area contributed by atoms with Crippen molar-refractivity contribution in [2.75, 3.05) is 13.1 Å². The summed E-state index contributed by atoms with van der Waals surface area (Å²) in [7, 11) is 0. The second-order valence-electron chi connectivity index (χ2n) is 5.41. The third-order valence-corrected chi connectivity index (χ3v) is 3.59. The van der Waals surface area contributed by atoms with E-state index in [2.05, 4.69) is 15.6 Å². The van der Waals surface area contributed by atoms with Crippen molar-refractivity contribution in [2.24, 2.45) is 0 Å². The fourth-order valence-electron chi connectivity index (χ4n) is 2.55. The maximum atomic E-state index is 12.3. The summed E-state index contributed by atoms with van der Waals surface area (Å²) in [4.78, 5) is 29.4. The fraction of sp³-hybridized carbons (Fsp3) is 0.533. The van der Waals surface area contributed by atoms with Crippen LogP contribution in [0.25, 0.3) is 0 Å². The lowest BCUT2D eigenvalue weighted by molar-refractivity contribution is -0.119. The minimum atomic E-state index is -0.139. The third kappa shape index (κ3) is 4.44. The average molecular weight is 290 g/mol. The van der Waals surface area contributed by atoms with Gasteiger partial charge >= 0.3 is 6.03 Å². The molecule has 1 aliphatic heterocycles. The molecule has 2 atom stereocenters. The number of rotatable bonds is 3. The molecule has 0 spiro atoms. The summed E-state index contributed by atoms with van der Waals surface area (Å²) in [5, 5.41) is 5.83. The van der Waals surface area contributed by atoms with Gasteiger partial charge in [0.05, 0.1) is 11.7 Å². The molecule has 3 amide bonds. The minimum absolute atomic E-state index is 0.0483. The number of urea groups is 1. The van der Waals surface area contributed by atoms with Crippen LogP contribution in [-0.4, -0.2) is 41.0 Å². The lowest BCUT2D eigenvalue weighted by Gasteiger charge is -2.33. The minimum Gasteiger partial charge on any atom is -0.352 e. The van der Waals surface area contributed by atoms with Gasteiger partial charge in [0.25, 0.3) is 0 Å². The van der Waals surface area contributed by atoms with Crippen molar-refractivity contribution in [2.45, 2.75) is 38.8 Å². The van der Waals surface area contributed by atoms with Gasteiger partial charge < -0.3 is 15.5 Å². The Labute approximate surface area is 124 Å². The highest BCUT2D eigenvalue weighted by atomic mass is 16.2. The van der Waals surface area contributed by atoms with Gasteiger partial charge in [0, 0.05) is 32.3 Å². The Morgan fingerprint density at radius 2 is 2.24 bits per heavy atom. The highest BCUT2D eigenvalue weighted by molar-refractivity contribution is 5.75. The Kier molecular flexibility index (Phi) is 5.14. The number of piperidine rings is 1. The van der Waals surface area contributed by atoms with Crippen LogP contribution in [-0.2, 0) is 4.79 Å². The van der Waals surface area contributed by atoms with Crippen molar-refractivity contribution in [3.05, 3.63) is 30.1 Å². The van der Waals surface area contributed by atoms with E-state index in [9.17, 15) is 9.59 Å². The van der Waals surface area contributed by atoms with Gasteiger partial charge in [-0.05, 0) is 31.9 Å². The summed E-state index contributed by atoms with van der Waals surface area (Å²) in [5.74, 6) is -0.0517. The average Bonchev–Trinajstić information content (AvgIpc) is 2.47. The van der Waals surface area contributed by atoms with Crippen molar-refractivity contribution in [1.29, 1.82) is 0 Å². The Balaban J connectivity index is 1.89. The smallest absolute Gasteiger partial charge is 0.317 e. The Morgan fingerprint density at radius 3 is 2.90 bits per heavy atom. The number of amides is 3. The van der Waals surface area contributed by atoms with Crippen LogP contribution in [0.1, 0.15) is 38.4 Å². The third-order valence-electron chi connectivity index (χ3n) is 3.59. The number of carbonyl (C=O) groups excluding carboxylic acids is 2. The van der Waals surface area contributed by atoms with Crippen LogP contribution in [0.15, 0.2) is 24.4 Å². The van der Waals surface area contributed by atoms with Crippen molar-refractivity contribution >= 4 is 11.9 Å². The van der Waals surface area contributed by atoms with Crippen molar-refractivity contribution in [1.82, 2.24) is 20.5 Å². The zero-order valence-corrected chi connectivity index (χ0v) is 12.5. The summed E-state index contributed by atoms with van der Waals surface area (Å²) in [6.45, 7) is 4.69. The highest BCUT2D eigenvalue weighted by Gasteiger charge is 2.25. The number of pyridine rings is 1. The first-order chi connectivity index (χ1) is 10.1. The van der Waals surface area contributed by atoms with Crippen LogP contribution in [0.5, 0.6) is 0 Å². The van der Waals surface area contributed by atoms with Crippen LogP contribution in [0.3, 0.4) is 0 Å². The van der Waals surface area contributed by atoms with Crippen LogP contribution in [0.2, 0.25) is 0 Å². The van der Waals surface area contributed by atoms with E-state index in [1.54, 1.807) is 11.1 Å². The first-order valence-corrected chi connectivity index (χ1v) is 7.29. The maximum absolute atomic E-state index is 12.3. The molecule has 2 heterocycles. The lowest BCUT2D eigenvalue weighted by atomic mass is 10.1. The van der Waals surface area contributed by atoms with E-state index in [4.69, 9.17) is 0 Å². The lowest BCUT2D eigenvalue weighted by Crippen LogP contribution is -2.52. The molecule has 6 nitrogen and oxygen atoms in total. The molecular formula is C15H22N4O2. The summed E-state index contributed by atoms with van der Waals surface area (Å²) < 4.78 is 0. The second kappa shape index (κ2) is 7.06. The SMILES string of the molecule is CC(=O)N[C@@H]1CCCN(C(=O)N[C@@H](C)c2ccccn2)C1. The zero-order valence-electron chi connectivity index (χ0n) is 12.5. The largest absolute Gasteiger partial charge is 0.352 e. The Hall–Kier alpha value is -2.11. The monoisotopic (exact) mass is 290 g/mol. The molecule has 0 bridgehead atoms.